The summed E-state index contributed by atoms with van der Waals surface area (Å²) in [6.07, 6.45) is 2.08. The van der Waals surface area contributed by atoms with E-state index in [2.05, 4.69) is 70.3 Å². The Morgan fingerprint density at radius 2 is 1.84 bits per heavy atom. The van der Waals surface area contributed by atoms with Gasteiger partial charge in [-0.25, -0.2) is 0 Å². The fourth-order valence-electron chi connectivity index (χ4n) is 3.88. The Morgan fingerprint density at radius 1 is 1.06 bits per heavy atom. The molecule has 4 N–H and O–H groups in total. The highest BCUT2D eigenvalue weighted by Crippen LogP contribution is 2.29. The number of carbonyl (C=O) groups is 1. The first kappa shape index (κ1) is 20.4. The number of aromatic nitrogens is 1. The maximum absolute atomic E-state index is 12.7. The van der Waals surface area contributed by atoms with Crippen molar-refractivity contribution >= 4 is 22.5 Å². The average molecular weight is 410 g/mol. The molecule has 1 heterocycles. The fraction of sp³-hybridized carbons (Fsp3) is 0.154. The Balaban J connectivity index is 1.51. The standard InChI is InChI=1S/C26H24N4O/c1-18(26(31)30-21-11-7-8-19(14-21)15-27)28-16-23(20-9-3-2-4-10-20)24-17-29-25-13-6-5-12-22(24)25/h2-14,17-18,23,28-29H,16H2,1H3,(H,30,31)/p+1/t18-,23-/m0/s1. The zero-order valence-electron chi connectivity index (χ0n) is 17.4. The number of H-pyrrole nitrogens is 1. The number of amides is 1. The second-order valence-electron chi connectivity index (χ2n) is 7.69. The second-order valence-corrected chi connectivity index (χ2v) is 7.69. The number of nitrogens with zero attached hydrogens (tertiary/aromatic N) is 1. The van der Waals surface area contributed by atoms with Crippen molar-refractivity contribution in [2.45, 2.75) is 18.9 Å². The number of anilines is 1. The molecule has 0 aliphatic carbocycles. The van der Waals surface area contributed by atoms with Gasteiger partial charge in [0.05, 0.1) is 24.1 Å². The molecule has 4 rings (SSSR count). The van der Waals surface area contributed by atoms with Gasteiger partial charge in [-0.15, -0.1) is 0 Å². The molecular formula is C26H25N4O+. The second kappa shape index (κ2) is 9.29. The van der Waals surface area contributed by atoms with Gasteiger partial charge in [0.1, 0.15) is 0 Å². The molecule has 0 aliphatic rings. The number of hydrogen-bond acceptors (Lipinski definition) is 2. The highest BCUT2D eigenvalue weighted by atomic mass is 16.2. The molecule has 0 radical (unpaired) electrons. The van der Waals surface area contributed by atoms with Crippen LogP contribution in [0.1, 0.15) is 29.5 Å². The molecule has 154 valence electrons. The van der Waals surface area contributed by atoms with Gasteiger partial charge in [0.25, 0.3) is 5.91 Å². The van der Waals surface area contributed by atoms with Gasteiger partial charge < -0.3 is 15.6 Å². The molecule has 0 bridgehead atoms. The SMILES string of the molecule is C[C@H]([NH2+]C[C@@H](c1ccccc1)c1c[nH]c2ccccc12)C(=O)Nc1cccc(C#N)c1. The number of carbonyl (C=O) groups excluding carboxylic acids is 1. The van der Waals surface area contributed by atoms with Gasteiger partial charge in [-0.3, -0.25) is 4.79 Å². The van der Waals surface area contributed by atoms with Gasteiger partial charge in [0.15, 0.2) is 6.04 Å². The lowest BCUT2D eigenvalue weighted by atomic mass is 9.90. The van der Waals surface area contributed by atoms with Crippen molar-refractivity contribution in [2.24, 2.45) is 0 Å². The number of nitrogens with one attached hydrogen (secondary N) is 2. The van der Waals surface area contributed by atoms with Crippen molar-refractivity contribution in [1.29, 1.82) is 5.26 Å². The zero-order chi connectivity index (χ0) is 21.6. The number of nitrogens with two attached hydrogens (primary N) is 1. The van der Waals surface area contributed by atoms with E-state index in [0.29, 0.717) is 11.3 Å². The molecule has 5 heteroatoms. The molecule has 5 nitrogen and oxygen atoms in total. The summed E-state index contributed by atoms with van der Waals surface area (Å²) in [6, 6.07) is 27.5. The third kappa shape index (κ3) is 4.66. The monoisotopic (exact) mass is 409 g/mol. The molecule has 0 saturated carbocycles. The minimum Gasteiger partial charge on any atom is -0.361 e. The highest BCUT2D eigenvalue weighted by Gasteiger charge is 2.23. The van der Waals surface area contributed by atoms with Crippen LogP contribution in [0.5, 0.6) is 0 Å². The molecule has 4 aromatic rings. The van der Waals surface area contributed by atoms with E-state index in [0.717, 1.165) is 12.1 Å². The van der Waals surface area contributed by atoms with E-state index in [4.69, 9.17) is 5.26 Å². The number of fused-ring (bicyclic) bond motifs is 1. The van der Waals surface area contributed by atoms with Crippen LogP contribution in [-0.2, 0) is 4.79 Å². The summed E-state index contributed by atoms with van der Waals surface area (Å²) in [5.41, 5.74) is 4.73. The maximum Gasteiger partial charge on any atom is 0.282 e. The molecule has 3 aromatic carbocycles. The largest absolute Gasteiger partial charge is 0.361 e. The normalized spacial score (nSPS) is 12.8. The Morgan fingerprint density at radius 3 is 2.65 bits per heavy atom. The Hall–Kier alpha value is -3.88. The number of para-hydroxylation sites is 1. The van der Waals surface area contributed by atoms with Crippen LogP contribution in [0.4, 0.5) is 5.69 Å². The van der Waals surface area contributed by atoms with Crippen LogP contribution in [0.15, 0.2) is 85.1 Å². The van der Waals surface area contributed by atoms with E-state index < -0.39 is 0 Å². The number of hydrogen-bond donors (Lipinski definition) is 3. The molecule has 0 spiro atoms. The van der Waals surface area contributed by atoms with E-state index in [9.17, 15) is 4.79 Å². The molecular weight excluding hydrogens is 384 g/mol. The van der Waals surface area contributed by atoms with Crippen LogP contribution < -0.4 is 10.6 Å². The van der Waals surface area contributed by atoms with Crippen LogP contribution in [0.25, 0.3) is 10.9 Å². The number of nitriles is 1. The molecule has 0 saturated heterocycles. The first-order valence-electron chi connectivity index (χ1n) is 10.4. The topological polar surface area (TPSA) is 85.3 Å². The van der Waals surface area contributed by atoms with Crippen molar-refractivity contribution in [3.05, 3.63) is 102 Å². The molecule has 1 aromatic heterocycles. The van der Waals surface area contributed by atoms with Crippen LogP contribution in [0.2, 0.25) is 0 Å². The first-order chi connectivity index (χ1) is 15.2. The predicted octanol–water partition coefficient (Wildman–Crippen LogP) is 3.76. The third-order valence-corrected chi connectivity index (χ3v) is 5.60. The van der Waals surface area contributed by atoms with Crippen molar-refractivity contribution in [3.63, 3.8) is 0 Å². The van der Waals surface area contributed by atoms with Gasteiger partial charge in [-0.05, 0) is 42.3 Å². The summed E-state index contributed by atoms with van der Waals surface area (Å²) in [5.74, 6) is 0.0651. The van der Waals surface area contributed by atoms with Crippen molar-refractivity contribution in [1.82, 2.24) is 4.98 Å². The molecule has 0 aliphatic heterocycles. The van der Waals surface area contributed by atoms with Crippen LogP contribution in [-0.4, -0.2) is 23.5 Å². The average Bonchev–Trinajstić information content (AvgIpc) is 3.24. The third-order valence-electron chi connectivity index (χ3n) is 5.60. The maximum atomic E-state index is 12.7. The summed E-state index contributed by atoms with van der Waals surface area (Å²) >= 11 is 0. The quantitative estimate of drug-likeness (QED) is 0.434. The lowest BCUT2D eigenvalue weighted by Crippen LogP contribution is -2.92. The van der Waals surface area contributed by atoms with Crippen molar-refractivity contribution in [2.75, 3.05) is 11.9 Å². The van der Waals surface area contributed by atoms with Gasteiger partial charge in [-0.2, -0.15) is 5.26 Å². The number of aromatic amines is 1. The zero-order valence-corrected chi connectivity index (χ0v) is 17.4. The van der Waals surface area contributed by atoms with E-state index in [1.165, 1.54) is 16.5 Å². The van der Waals surface area contributed by atoms with Gasteiger partial charge in [0.2, 0.25) is 0 Å². The van der Waals surface area contributed by atoms with Crippen molar-refractivity contribution in [3.8, 4) is 6.07 Å². The van der Waals surface area contributed by atoms with E-state index >= 15 is 0 Å². The summed E-state index contributed by atoms with van der Waals surface area (Å²) in [7, 11) is 0. The molecule has 1 amide bonds. The minimum absolute atomic E-state index is 0.0826. The minimum atomic E-state index is -0.276. The van der Waals surface area contributed by atoms with Crippen molar-refractivity contribution < 1.29 is 10.1 Å². The van der Waals surface area contributed by atoms with Crippen LogP contribution in [0.3, 0.4) is 0 Å². The highest BCUT2D eigenvalue weighted by molar-refractivity contribution is 5.93. The fourth-order valence-corrected chi connectivity index (χ4v) is 3.88. The van der Waals surface area contributed by atoms with Crippen LogP contribution in [0, 0.1) is 11.3 Å². The first-order valence-corrected chi connectivity index (χ1v) is 10.4. The number of benzene rings is 3. The van der Waals surface area contributed by atoms with E-state index in [1.807, 2.05) is 19.1 Å². The molecule has 0 unspecified atom stereocenters. The van der Waals surface area contributed by atoms with Gasteiger partial charge in [0, 0.05) is 22.8 Å². The summed E-state index contributed by atoms with van der Waals surface area (Å²) in [6.45, 7) is 2.64. The Bertz CT molecular complexity index is 1220. The lowest BCUT2D eigenvalue weighted by Gasteiger charge is -2.19. The number of quaternary nitrogens is 1. The molecule has 0 fully saturated rings. The van der Waals surface area contributed by atoms with Gasteiger partial charge >= 0.3 is 0 Å². The molecule has 2 atom stereocenters. The Labute approximate surface area is 181 Å². The van der Waals surface area contributed by atoms with Gasteiger partial charge in [-0.1, -0.05) is 54.6 Å². The number of rotatable bonds is 7. The summed E-state index contributed by atoms with van der Waals surface area (Å²) in [5, 5.41) is 15.2. The summed E-state index contributed by atoms with van der Waals surface area (Å²) in [4.78, 5) is 16.1. The molecule has 31 heavy (non-hydrogen) atoms. The van der Waals surface area contributed by atoms with Crippen LogP contribution >= 0.6 is 0 Å². The smallest absolute Gasteiger partial charge is 0.282 e. The lowest BCUT2D eigenvalue weighted by molar-refractivity contribution is -0.674. The summed E-state index contributed by atoms with van der Waals surface area (Å²) < 4.78 is 0. The van der Waals surface area contributed by atoms with E-state index in [1.54, 1.807) is 24.3 Å². The Kier molecular flexibility index (Phi) is 6.11. The predicted molar refractivity (Wildman–Crippen MR) is 123 cm³/mol. The van der Waals surface area contributed by atoms with E-state index in [-0.39, 0.29) is 17.9 Å².